The lowest BCUT2D eigenvalue weighted by molar-refractivity contribution is 0.454. The van der Waals surface area contributed by atoms with E-state index in [1.165, 1.54) is 27.8 Å². The van der Waals surface area contributed by atoms with Crippen LogP contribution in [0.25, 0.3) is 11.1 Å². The fourth-order valence-corrected chi connectivity index (χ4v) is 3.93. The zero-order chi connectivity index (χ0) is 22.2. The van der Waals surface area contributed by atoms with Gasteiger partial charge in [0.1, 0.15) is 0 Å². The largest absolute Gasteiger partial charge is 0.0683 e. The van der Waals surface area contributed by atoms with Crippen molar-refractivity contribution in [3.8, 4) is 0 Å². The van der Waals surface area contributed by atoms with Gasteiger partial charge in [-0.05, 0) is 45.1 Å². The van der Waals surface area contributed by atoms with E-state index in [4.69, 9.17) is 0 Å². The van der Waals surface area contributed by atoms with Crippen LogP contribution in [0.4, 0.5) is 0 Å². The predicted molar refractivity (Wildman–Crippen MR) is 133 cm³/mol. The van der Waals surface area contributed by atoms with Crippen LogP contribution in [0, 0.1) is 10.8 Å². The normalized spacial score (nSPS) is 14.1. The lowest BCUT2D eigenvalue weighted by Gasteiger charge is -2.31. The van der Waals surface area contributed by atoms with Crippen molar-refractivity contribution in [2.45, 2.75) is 75.7 Å². The molecule has 0 amide bonds. The van der Waals surface area contributed by atoms with Gasteiger partial charge in [0, 0.05) is 0 Å². The van der Waals surface area contributed by atoms with Crippen molar-refractivity contribution in [2.75, 3.05) is 0 Å². The molecule has 0 aliphatic heterocycles. The van der Waals surface area contributed by atoms with Crippen LogP contribution < -0.4 is 0 Å². The van der Waals surface area contributed by atoms with Crippen LogP contribution in [-0.4, -0.2) is 0 Å². The van der Waals surface area contributed by atoms with Crippen molar-refractivity contribution in [1.29, 1.82) is 0 Å². The Bertz CT molecular complexity index is 804. The molecule has 1 aliphatic carbocycles. The highest BCUT2D eigenvalue weighted by Gasteiger charge is 2.37. The molecule has 0 unspecified atom stereocenters. The highest BCUT2D eigenvalue weighted by Crippen LogP contribution is 2.54. The smallest absolute Gasteiger partial charge is 0.00434 e. The quantitative estimate of drug-likeness (QED) is 0.479. The summed E-state index contributed by atoms with van der Waals surface area (Å²) in [5.74, 6) is 0. The minimum Gasteiger partial charge on any atom is -0.0683 e. The first-order valence-electron chi connectivity index (χ1n) is 11.3. The van der Waals surface area contributed by atoms with Gasteiger partial charge >= 0.3 is 0 Å². The molecule has 3 rings (SSSR count). The Morgan fingerprint density at radius 3 is 1.34 bits per heavy atom. The van der Waals surface area contributed by atoms with Crippen LogP contribution in [0.15, 0.2) is 71.8 Å². The van der Waals surface area contributed by atoms with Gasteiger partial charge in [-0.25, -0.2) is 0 Å². The summed E-state index contributed by atoms with van der Waals surface area (Å²) in [6, 6.07) is 21.8. The van der Waals surface area contributed by atoms with Gasteiger partial charge in [-0.15, -0.1) is 0 Å². The van der Waals surface area contributed by atoms with Crippen molar-refractivity contribution in [3.05, 3.63) is 82.9 Å². The van der Waals surface area contributed by atoms with Crippen molar-refractivity contribution >= 4 is 11.1 Å². The van der Waals surface area contributed by atoms with Gasteiger partial charge in [0.2, 0.25) is 0 Å². The summed E-state index contributed by atoms with van der Waals surface area (Å²) in [6.45, 7) is 22.1. The maximum absolute atomic E-state index is 2.35. The van der Waals surface area contributed by atoms with E-state index in [-0.39, 0.29) is 10.8 Å². The molecule has 0 N–H and O–H groups in total. The summed E-state index contributed by atoms with van der Waals surface area (Å²) in [6.07, 6.45) is 1.05. The summed E-state index contributed by atoms with van der Waals surface area (Å²) >= 11 is 0. The molecular formula is C29H42. The molecule has 0 heterocycles. The minimum absolute atomic E-state index is 0.115. The van der Waals surface area contributed by atoms with Crippen LogP contribution >= 0.6 is 0 Å². The lowest BCUT2D eigenvalue weighted by atomic mass is 9.73. The average molecular weight is 391 g/mol. The summed E-state index contributed by atoms with van der Waals surface area (Å²) < 4.78 is 0. The van der Waals surface area contributed by atoms with Gasteiger partial charge in [-0.2, -0.15) is 0 Å². The van der Waals surface area contributed by atoms with E-state index in [1.54, 1.807) is 5.57 Å². The van der Waals surface area contributed by atoms with E-state index in [0.29, 0.717) is 0 Å². The van der Waals surface area contributed by atoms with E-state index in [9.17, 15) is 0 Å². The summed E-state index contributed by atoms with van der Waals surface area (Å²) in [5, 5.41) is 0. The molecule has 0 saturated heterocycles. The first-order valence-corrected chi connectivity index (χ1v) is 11.3. The lowest BCUT2D eigenvalue weighted by Crippen LogP contribution is -2.17. The van der Waals surface area contributed by atoms with Gasteiger partial charge in [-0.1, -0.05) is 135 Å². The van der Waals surface area contributed by atoms with Crippen LogP contribution in [0.2, 0.25) is 0 Å². The van der Waals surface area contributed by atoms with E-state index >= 15 is 0 Å². The molecule has 0 saturated carbocycles. The number of allylic oxidation sites excluding steroid dienone is 4. The third-order valence-corrected chi connectivity index (χ3v) is 5.05. The Labute approximate surface area is 180 Å². The number of rotatable bonds is 2. The average Bonchev–Trinajstić information content (AvgIpc) is 3.14. The molecule has 0 fully saturated rings. The highest BCUT2D eigenvalue weighted by atomic mass is 14.4. The maximum atomic E-state index is 2.35. The van der Waals surface area contributed by atoms with E-state index in [2.05, 4.69) is 102 Å². The number of hydrogen-bond donors (Lipinski definition) is 0. The van der Waals surface area contributed by atoms with Crippen LogP contribution in [-0.2, 0) is 0 Å². The second-order valence-corrected chi connectivity index (χ2v) is 9.12. The summed E-state index contributed by atoms with van der Waals surface area (Å²) in [7, 11) is 0. The molecule has 0 aromatic heterocycles. The van der Waals surface area contributed by atoms with Gasteiger partial charge in [0.05, 0.1) is 0 Å². The summed E-state index contributed by atoms with van der Waals surface area (Å²) in [5.41, 5.74) is 9.00. The zero-order valence-corrected chi connectivity index (χ0v) is 20.5. The Morgan fingerprint density at radius 1 is 0.552 bits per heavy atom. The maximum Gasteiger partial charge on any atom is -0.00434 e. The van der Waals surface area contributed by atoms with Gasteiger partial charge in [0.15, 0.2) is 0 Å². The third kappa shape index (κ3) is 5.95. The molecule has 2 aromatic carbocycles. The standard InChI is InChI=1S/C25H30.2C2H6/c1-24(2,3)21-17-20(18-13-9-7-10-14-18)22(23(21)25(4,5)6)19-15-11-8-12-16-19;2*1-2/h7-16H,17H2,1-6H3;2*1-2H3. The van der Waals surface area contributed by atoms with E-state index in [0.717, 1.165) is 6.42 Å². The Morgan fingerprint density at radius 2 is 0.966 bits per heavy atom. The Balaban J connectivity index is 0.000000989. The monoisotopic (exact) mass is 390 g/mol. The predicted octanol–water partition coefficient (Wildman–Crippen LogP) is 9.44. The number of hydrogen-bond acceptors (Lipinski definition) is 0. The highest BCUT2D eigenvalue weighted by molar-refractivity contribution is 6.03. The van der Waals surface area contributed by atoms with Crippen molar-refractivity contribution < 1.29 is 0 Å². The second kappa shape index (κ2) is 10.6. The second-order valence-electron chi connectivity index (χ2n) is 9.12. The molecule has 2 aromatic rings. The molecule has 0 heteroatoms. The van der Waals surface area contributed by atoms with Gasteiger partial charge in [0.25, 0.3) is 0 Å². The molecule has 158 valence electrons. The van der Waals surface area contributed by atoms with E-state index in [1.807, 2.05) is 27.7 Å². The number of benzene rings is 2. The first kappa shape index (κ1) is 25.0. The molecule has 0 bridgehead atoms. The fourth-order valence-electron chi connectivity index (χ4n) is 3.93. The molecule has 0 radical (unpaired) electrons. The Hall–Kier alpha value is -2.08. The third-order valence-electron chi connectivity index (χ3n) is 5.05. The molecule has 0 atom stereocenters. The van der Waals surface area contributed by atoms with Crippen molar-refractivity contribution in [1.82, 2.24) is 0 Å². The van der Waals surface area contributed by atoms with Crippen LogP contribution in [0.1, 0.15) is 86.8 Å². The Kier molecular flexibility index (Phi) is 9.14. The van der Waals surface area contributed by atoms with Crippen molar-refractivity contribution in [3.63, 3.8) is 0 Å². The van der Waals surface area contributed by atoms with Gasteiger partial charge < -0.3 is 0 Å². The van der Waals surface area contributed by atoms with Crippen LogP contribution in [0.3, 0.4) is 0 Å². The molecule has 0 nitrogen and oxygen atoms in total. The molecule has 29 heavy (non-hydrogen) atoms. The zero-order valence-electron chi connectivity index (χ0n) is 20.5. The van der Waals surface area contributed by atoms with Gasteiger partial charge in [-0.3, -0.25) is 0 Å². The SMILES string of the molecule is CC.CC.CC(C)(C)C1=C(C(C)(C)C)C(c2ccccc2)=C(c2ccccc2)C1. The molecule has 1 aliphatic rings. The minimum atomic E-state index is 0.115. The molecular weight excluding hydrogens is 348 g/mol. The first-order chi connectivity index (χ1) is 13.7. The fraction of sp³-hybridized carbons (Fsp3) is 0.448. The van der Waals surface area contributed by atoms with E-state index < -0.39 is 0 Å². The molecule has 0 spiro atoms. The van der Waals surface area contributed by atoms with Crippen molar-refractivity contribution in [2.24, 2.45) is 10.8 Å². The van der Waals surface area contributed by atoms with Crippen LogP contribution in [0.5, 0.6) is 0 Å². The summed E-state index contributed by atoms with van der Waals surface area (Å²) in [4.78, 5) is 0. The topological polar surface area (TPSA) is 0 Å².